The van der Waals surface area contributed by atoms with Crippen molar-refractivity contribution in [3.8, 4) is 0 Å². The molecular formula is C21H19NO2. The second kappa shape index (κ2) is 9.16. The summed E-state index contributed by atoms with van der Waals surface area (Å²) in [5.74, 6) is 0.261. The number of Topliss-reactive ketones (excluding diaryl/α,β-unsaturated/α-hetero) is 1. The monoisotopic (exact) mass is 317 g/mol. The molecule has 0 radical (unpaired) electrons. The van der Waals surface area contributed by atoms with Gasteiger partial charge in [0.25, 0.3) is 0 Å². The van der Waals surface area contributed by atoms with Crippen molar-refractivity contribution in [2.45, 2.75) is 13.3 Å². The molecule has 2 aromatic carbocycles. The third-order valence-corrected chi connectivity index (χ3v) is 3.27. The van der Waals surface area contributed by atoms with Crippen molar-refractivity contribution in [2.24, 2.45) is 0 Å². The van der Waals surface area contributed by atoms with Crippen LogP contribution in [-0.2, 0) is 11.2 Å². The van der Waals surface area contributed by atoms with Gasteiger partial charge in [0.05, 0.1) is 0 Å². The Hall–Kier alpha value is -3.07. The Morgan fingerprint density at radius 3 is 1.62 bits per heavy atom. The molecule has 0 fully saturated rings. The van der Waals surface area contributed by atoms with E-state index in [1.165, 1.54) is 0 Å². The van der Waals surface area contributed by atoms with E-state index in [4.69, 9.17) is 0 Å². The molecule has 3 aromatic rings. The van der Waals surface area contributed by atoms with Gasteiger partial charge in [-0.05, 0) is 24.6 Å². The van der Waals surface area contributed by atoms with E-state index in [2.05, 4.69) is 4.98 Å². The molecule has 0 atom stereocenters. The Kier molecular flexibility index (Phi) is 6.59. The predicted molar refractivity (Wildman–Crippen MR) is 94.9 cm³/mol. The van der Waals surface area contributed by atoms with Gasteiger partial charge in [0.15, 0.2) is 5.78 Å². The summed E-state index contributed by atoms with van der Waals surface area (Å²) in [6, 6.07) is 22.3. The van der Waals surface area contributed by atoms with Gasteiger partial charge in [-0.2, -0.15) is 0 Å². The minimum absolute atomic E-state index is 0.0752. The molecule has 3 nitrogen and oxygen atoms in total. The van der Waals surface area contributed by atoms with Crippen LogP contribution in [0.25, 0.3) is 0 Å². The number of ketones is 2. The molecule has 0 amide bonds. The van der Waals surface area contributed by atoms with E-state index in [0.29, 0.717) is 6.42 Å². The van der Waals surface area contributed by atoms with Gasteiger partial charge in [-0.25, -0.2) is 0 Å². The maximum absolute atomic E-state index is 11.8. The van der Waals surface area contributed by atoms with E-state index in [1.807, 2.05) is 72.8 Å². The number of pyridine rings is 1. The fourth-order valence-electron chi connectivity index (χ4n) is 2.13. The minimum atomic E-state index is 0.0752. The zero-order chi connectivity index (χ0) is 17.2. The lowest BCUT2D eigenvalue weighted by Gasteiger charge is -1.99. The molecule has 0 bridgehead atoms. The van der Waals surface area contributed by atoms with Crippen LogP contribution in [0.5, 0.6) is 0 Å². The Bertz CT molecular complexity index is 727. The summed E-state index contributed by atoms with van der Waals surface area (Å²) in [7, 11) is 0. The molecule has 0 aliphatic carbocycles. The van der Waals surface area contributed by atoms with Gasteiger partial charge in [0.1, 0.15) is 5.78 Å². The van der Waals surface area contributed by atoms with Crippen LogP contribution in [0.2, 0.25) is 0 Å². The van der Waals surface area contributed by atoms with Crippen molar-refractivity contribution < 1.29 is 9.59 Å². The first-order valence-corrected chi connectivity index (χ1v) is 7.70. The number of aromatic nitrogens is 1. The molecular weight excluding hydrogens is 298 g/mol. The number of rotatable bonds is 4. The molecule has 120 valence electrons. The maximum Gasteiger partial charge on any atom is 0.193 e. The molecule has 24 heavy (non-hydrogen) atoms. The standard InChI is InChI=1S/C13H10O.C8H9NO/c14-13(11-7-3-1-4-8-11)12-9-5-2-6-10-12;1-7(10)6-8-2-4-9-5-3-8/h1-10H;2-5H,6H2,1H3. The molecule has 0 spiro atoms. The largest absolute Gasteiger partial charge is 0.300 e. The van der Waals surface area contributed by atoms with E-state index in [9.17, 15) is 9.59 Å². The van der Waals surface area contributed by atoms with Crippen LogP contribution in [-0.4, -0.2) is 16.6 Å². The predicted octanol–water partition coefficient (Wildman–Crippen LogP) is 4.13. The molecule has 1 aromatic heterocycles. The molecule has 3 rings (SSSR count). The highest BCUT2D eigenvalue weighted by molar-refractivity contribution is 6.08. The normalized spacial score (nSPS) is 9.54. The number of carbonyl (C=O) groups excluding carboxylic acids is 2. The Morgan fingerprint density at radius 1 is 0.750 bits per heavy atom. The quantitative estimate of drug-likeness (QED) is 0.680. The number of nitrogens with zero attached hydrogens (tertiary/aromatic N) is 1. The topological polar surface area (TPSA) is 47.0 Å². The second-order valence-electron chi connectivity index (χ2n) is 5.30. The first-order valence-electron chi connectivity index (χ1n) is 7.70. The Labute approximate surface area is 142 Å². The van der Waals surface area contributed by atoms with Gasteiger partial charge in [-0.3, -0.25) is 14.6 Å². The van der Waals surface area contributed by atoms with Gasteiger partial charge in [0.2, 0.25) is 0 Å². The SMILES string of the molecule is CC(=O)Cc1ccncc1.O=C(c1ccccc1)c1ccccc1. The molecule has 0 unspecified atom stereocenters. The van der Waals surface area contributed by atoms with Crippen molar-refractivity contribution in [3.05, 3.63) is 102 Å². The summed E-state index contributed by atoms with van der Waals surface area (Å²) in [5.41, 5.74) is 2.50. The third-order valence-electron chi connectivity index (χ3n) is 3.27. The molecule has 0 aliphatic rings. The summed E-state index contributed by atoms with van der Waals surface area (Å²) >= 11 is 0. The second-order valence-corrected chi connectivity index (χ2v) is 5.30. The number of hydrogen-bond donors (Lipinski definition) is 0. The molecule has 3 heteroatoms. The van der Waals surface area contributed by atoms with Crippen molar-refractivity contribution in [3.63, 3.8) is 0 Å². The zero-order valence-electron chi connectivity index (χ0n) is 13.6. The van der Waals surface area contributed by atoms with E-state index < -0.39 is 0 Å². The minimum Gasteiger partial charge on any atom is -0.300 e. The summed E-state index contributed by atoms with van der Waals surface area (Å²) < 4.78 is 0. The van der Waals surface area contributed by atoms with Crippen LogP contribution in [0.15, 0.2) is 85.2 Å². The van der Waals surface area contributed by atoms with E-state index in [0.717, 1.165) is 16.7 Å². The first-order chi connectivity index (χ1) is 11.7. The third kappa shape index (κ3) is 5.61. The van der Waals surface area contributed by atoms with Crippen LogP contribution in [0, 0.1) is 0 Å². The van der Waals surface area contributed by atoms with Gasteiger partial charge in [0, 0.05) is 29.9 Å². The first kappa shape index (κ1) is 17.3. The van der Waals surface area contributed by atoms with Crippen LogP contribution < -0.4 is 0 Å². The van der Waals surface area contributed by atoms with Gasteiger partial charge >= 0.3 is 0 Å². The lowest BCUT2D eigenvalue weighted by Crippen LogP contribution is -1.99. The smallest absolute Gasteiger partial charge is 0.193 e. The summed E-state index contributed by atoms with van der Waals surface area (Å²) in [6.45, 7) is 1.58. The molecule has 0 aliphatic heterocycles. The number of hydrogen-bond acceptors (Lipinski definition) is 3. The van der Waals surface area contributed by atoms with E-state index >= 15 is 0 Å². The lowest BCUT2D eigenvalue weighted by atomic mass is 10.0. The maximum atomic E-state index is 11.8. The van der Waals surface area contributed by atoms with Crippen molar-refractivity contribution in [1.82, 2.24) is 4.98 Å². The van der Waals surface area contributed by atoms with Gasteiger partial charge < -0.3 is 0 Å². The van der Waals surface area contributed by atoms with Crippen LogP contribution in [0.3, 0.4) is 0 Å². The van der Waals surface area contributed by atoms with Gasteiger partial charge in [-0.15, -0.1) is 0 Å². The Morgan fingerprint density at radius 2 is 1.21 bits per heavy atom. The fourth-order valence-corrected chi connectivity index (χ4v) is 2.13. The van der Waals surface area contributed by atoms with Crippen LogP contribution >= 0.6 is 0 Å². The average molecular weight is 317 g/mol. The van der Waals surface area contributed by atoms with E-state index in [1.54, 1.807) is 19.3 Å². The van der Waals surface area contributed by atoms with Gasteiger partial charge in [-0.1, -0.05) is 60.7 Å². The summed E-state index contributed by atoms with van der Waals surface area (Å²) in [5, 5.41) is 0. The number of benzene rings is 2. The molecule has 0 saturated carbocycles. The zero-order valence-corrected chi connectivity index (χ0v) is 13.6. The lowest BCUT2D eigenvalue weighted by molar-refractivity contribution is -0.116. The molecule has 0 saturated heterocycles. The van der Waals surface area contributed by atoms with Crippen LogP contribution in [0.4, 0.5) is 0 Å². The Balaban J connectivity index is 0.000000185. The highest BCUT2D eigenvalue weighted by Crippen LogP contribution is 2.08. The van der Waals surface area contributed by atoms with Crippen molar-refractivity contribution >= 4 is 11.6 Å². The summed E-state index contributed by atoms with van der Waals surface area (Å²) in [6.07, 6.45) is 3.90. The highest BCUT2D eigenvalue weighted by atomic mass is 16.1. The van der Waals surface area contributed by atoms with Crippen LogP contribution in [0.1, 0.15) is 28.4 Å². The van der Waals surface area contributed by atoms with Crippen molar-refractivity contribution in [2.75, 3.05) is 0 Å². The highest BCUT2D eigenvalue weighted by Gasteiger charge is 2.06. The number of carbonyl (C=O) groups is 2. The van der Waals surface area contributed by atoms with Crippen molar-refractivity contribution in [1.29, 1.82) is 0 Å². The molecule has 1 heterocycles. The van der Waals surface area contributed by atoms with E-state index in [-0.39, 0.29) is 11.6 Å². The fraction of sp³-hybridized carbons (Fsp3) is 0.0952. The molecule has 0 N–H and O–H groups in total. The average Bonchev–Trinajstić information content (AvgIpc) is 2.63. The summed E-state index contributed by atoms with van der Waals surface area (Å²) in [4.78, 5) is 26.3.